The van der Waals surface area contributed by atoms with Crippen LogP contribution in [0.1, 0.15) is 30.9 Å². The number of nitrogens with two attached hydrogens (primary N) is 1. The Morgan fingerprint density at radius 3 is 2.95 bits per heavy atom. The average molecular weight is 276 g/mol. The Kier molecular flexibility index (Phi) is 5.44. The summed E-state index contributed by atoms with van der Waals surface area (Å²) < 4.78 is 5.94. The quantitative estimate of drug-likeness (QED) is 0.898. The Hall–Kier alpha value is -1.06. The third-order valence-corrected chi connectivity index (χ3v) is 4.29. The fraction of sp³-hybridized carbons (Fsp3) is 0.647. The Morgan fingerprint density at radius 1 is 1.40 bits per heavy atom. The number of rotatable bonds is 5. The molecule has 2 N–H and O–H groups in total. The van der Waals surface area contributed by atoms with Gasteiger partial charge < -0.3 is 10.5 Å². The summed E-state index contributed by atoms with van der Waals surface area (Å²) in [5.41, 5.74) is 8.49. The summed E-state index contributed by atoms with van der Waals surface area (Å²) in [6.45, 7) is 10.4. The minimum Gasteiger partial charge on any atom is -0.492 e. The molecule has 0 bridgehead atoms. The van der Waals surface area contributed by atoms with E-state index in [9.17, 15) is 0 Å². The number of aryl methyl sites for hydroxylation is 2. The Labute approximate surface area is 123 Å². The van der Waals surface area contributed by atoms with E-state index in [0.717, 1.165) is 25.4 Å². The lowest BCUT2D eigenvalue weighted by Crippen LogP contribution is -2.43. The van der Waals surface area contributed by atoms with Gasteiger partial charge in [-0.3, -0.25) is 4.90 Å². The summed E-state index contributed by atoms with van der Waals surface area (Å²) in [5.74, 6) is 1.66. The van der Waals surface area contributed by atoms with Gasteiger partial charge in [-0.2, -0.15) is 0 Å². The minimum atomic E-state index is 0.303. The molecule has 2 atom stereocenters. The van der Waals surface area contributed by atoms with Crippen LogP contribution < -0.4 is 10.5 Å². The minimum absolute atomic E-state index is 0.303. The van der Waals surface area contributed by atoms with Crippen molar-refractivity contribution in [2.75, 3.05) is 26.2 Å². The molecule has 3 heteroatoms. The fourth-order valence-electron chi connectivity index (χ4n) is 2.87. The predicted molar refractivity (Wildman–Crippen MR) is 84.2 cm³/mol. The number of piperidine rings is 1. The lowest BCUT2D eigenvalue weighted by molar-refractivity contribution is 0.137. The molecule has 1 saturated heterocycles. The van der Waals surface area contributed by atoms with Crippen LogP contribution in [-0.4, -0.2) is 37.2 Å². The van der Waals surface area contributed by atoms with Crippen LogP contribution in [-0.2, 0) is 0 Å². The third kappa shape index (κ3) is 4.22. The molecule has 1 aliphatic heterocycles. The lowest BCUT2D eigenvalue weighted by Gasteiger charge is -2.34. The number of likely N-dealkylation sites (tertiary alicyclic amines) is 1. The summed E-state index contributed by atoms with van der Waals surface area (Å²) in [7, 11) is 0. The van der Waals surface area contributed by atoms with E-state index in [1.54, 1.807) is 0 Å². The van der Waals surface area contributed by atoms with Gasteiger partial charge in [0.25, 0.3) is 0 Å². The standard InChI is InChI=1S/C17H28N2O/c1-13-6-7-14(2)17(11-13)20-10-9-19-8-4-5-16(12-19)15(3)18/h6-7,11,15-16H,4-5,8-10,12,18H2,1-3H3. The summed E-state index contributed by atoms with van der Waals surface area (Å²) in [6, 6.07) is 6.67. The van der Waals surface area contributed by atoms with Crippen molar-refractivity contribution >= 4 is 0 Å². The predicted octanol–water partition coefficient (Wildman–Crippen LogP) is 2.74. The van der Waals surface area contributed by atoms with Crippen LogP contribution in [0, 0.1) is 19.8 Å². The molecule has 1 aromatic carbocycles. The van der Waals surface area contributed by atoms with Gasteiger partial charge in [-0.1, -0.05) is 12.1 Å². The van der Waals surface area contributed by atoms with Crippen LogP contribution in [0.25, 0.3) is 0 Å². The largest absolute Gasteiger partial charge is 0.492 e. The second kappa shape index (κ2) is 7.09. The first-order valence-electron chi connectivity index (χ1n) is 7.74. The number of nitrogens with zero attached hydrogens (tertiary/aromatic N) is 1. The number of ether oxygens (including phenoxy) is 1. The molecule has 0 amide bonds. The summed E-state index contributed by atoms with van der Waals surface area (Å²) >= 11 is 0. The lowest BCUT2D eigenvalue weighted by atomic mass is 9.92. The van der Waals surface area contributed by atoms with Crippen LogP contribution in [0.15, 0.2) is 18.2 Å². The summed E-state index contributed by atoms with van der Waals surface area (Å²) in [6.07, 6.45) is 2.53. The molecule has 0 aromatic heterocycles. The molecule has 1 aromatic rings. The third-order valence-electron chi connectivity index (χ3n) is 4.29. The van der Waals surface area contributed by atoms with Crippen molar-refractivity contribution in [3.8, 4) is 5.75 Å². The van der Waals surface area contributed by atoms with Crippen molar-refractivity contribution in [2.24, 2.45) is 11.7 Å². The molecular formula is C17H28N2O. The van der Waals surface area contributed by atoms with Crippen LogP contribution in [0.3, 0.4) is 0 Å². The molecule has 1 aliphatic rings. The Morgan fingerprint density at radius 2 is 2.20 bits per heavy atom. The van der Waals surface area contributed by atoms with Gasteiger partial charge in [0.1, 0.15) is 12.4 Å². The molecule has 2 rings (SSSR count). The fourth-order valence-corrected chi connectivity index (χ4v) is 2.87. The van der Waals surface area contributed by atoms with Crippen molar-refractivity contribution in [1.82, 2.24) is 4.90 Å². The zero-order valence-electron chi connectivity index (χ0n) is 13.1. The van der Waals surface area contributed by atoms with E-state index in [-0.39, 0.29) is 0 Å². The van der Waals surface area contributed by atoms with E-state index < -0.39 is 0 Å². The molecule has 0 aliphatic carbocycles. The molecule has 1 fully saturated rings. The van der Waals surface area contributed by atoms with Crippen LogP contribution in [0.2, 0.25) is 0 Å². The van der Waals surface area contributed by atoms with Gasteiger partial charge in [0, 0.05) is 19.1 Å². The topological polar surface area (TPSA) is 38.5 Å². The molecule has 0 radical (unpaired) electrons. The maximum absolute atomic E-state index is 6.03. The average Bonchev–Trinajstić information content (AvgIpc) is 2.43. The normalized spacial score (nSPS) is 21.7. The SMILES string of the molecule is Cc1ccc(C)c(OCCN2CCCC(C(C)N)C2)c1. The first-order valence-corrected chi connectivity index (χ1v) is 7.74. The van der Waals surface area contributed by atoms with Crippen molar-refractivity contribution in [3.05, 3.63) is 29.3 Å². The van der Waals surface area contributed by atoms with E-state index in [1.807, 2.05) is 0 Å². The maximum Gasteiger partial charge on any atom is 0.122 e. The summed E-state index contributed by atoms with van der Waals surface area (Å²) in [5, 5.41) is 0. The van der Waals surface area contributed by atoms with E-state index in [4.69, 9.17) is 10.5 Å². The van der Waals surface area contributed by atoms with Crippen molar-refractivity contribution < 1.29 is 4.74 Å². The maximum atomic E-state index is 6.03. The first-order chi connectivity index (χ1) is 9.56. The van der Waals surface area contributed by atoms with Crippen LogP contribution in [0.4, 0.5) is 0 Å². The Bertz CT molecular complexity index is 431. The second-order valence-corrected chi connectivity index (χ2v) is 6.18. The number of hydrogen-bond donors (Lipinski definition) is 1. The highest BCUT2D eigenvalue weighted by molar-refractivity contribution is 5.35. The van der Waals surface area contributed by atoms with E-state index >= 15 is 0 Å². The summed E-state index contributed by atoms with van der Waals surface area (Å²) in [4.78, 5) is 2.49. The van der Waals surface area contributed by atoms with E-state index in [1.165, 1.54) is 30.5 Å². The van der Waals surface area contributed by atoms with Gasteiger partial charge in [0.15, 0.2) is 0 Å². The zero-order valence-corrected chi connectivity index (χ0v) is 13.1. The van der Waals surface area contributed by atoms with E-state index in [0.29, 0.717) is 12.0 Å². The second-order valence-electron chi connectivity index (χ2n) is 6.18. The molecule has 2 unspecified atom stereocenters. The zero-order chi connectivity index (χ0) is 14.5. The van der Waals surface area contributed by atoms with E-state index in [2.05, 4.69) is 43.9 Å². The number of benzene rings is 1. The monoisotopic (exact) mass is 276 g/mol. The number of hydrogen-bond acceptors (Lipinski definition) is 3. The highest BCUT2D eigenvalue weighted by Crippen LogP contribution is 2.20. The smallest absolute Gasteiger partial charge is 0.122 e. The Balaban J connectivity index is 1.79. The van der Waals surface area contributed by atoms with Crippen LogP contribution in [0.5, 0.6) is 5.75 Å². The van der Waals surface area contributed by atoms with Crippen molar-refractivity contribution in [3.63, 3.8) is 0 Å². The van der Waals surface area contributed by atoms with Crippen molar-refractivity contribution in [2.45, 2.75) is 39.7 Å². The first kappa shape index (κ1) is 15.3. The molecule has 0 spiro atoms. The van der Waals surface area contributed by atoms with Crippen molar-refractivity contribution in [1.29, 1.82) is 0 Å². The van der Waals surface area contributed by atoms with Gasteiger partial charge in [-0.15, -0.1) is 0 Å². The van der Waals surface area contributed by atoms with Gasteiger partial charge in [-0.25, -0.2) is 0 Å². The van der Waals surface area contributed by atoms with Gasteiger partial charge in [0.05, 0.1) is 0 Å². The van der Waals surface area contributed by atoms with Gasteiger partial charge in [0.2, 0.25) is 0 Å². The highest BCUT2D eigenvalue weighted by Gasteiger charge is 2.22. The molecule has 3 nitrogen and oxygen atoms in total. The van der Waals surface area contributed by atoms with Gasteiger partial charge in [-0.05, 0) is 63.3 Å². The highest BCUT2D eigenvalue weighted by atomic mass is 16.5. The van der Waals surface area contributed by atoms with Crippen LogP contribution >= 0.6 is 0 Å². The molecule has 20 heavy (non-hydrogen) atoms. The molecule has 112 valence electrons. The molecular weight excluding hydrogens is 248 g/mol. The molecule has 1 heterocycles. The van der Waals surface area contributed by atoms with Gasteiger partial charge >= 0.3 is 0 Å². The molecule has 0 saturated carbocycles.